The summed E-state index contributed by atoms with van der Waals surface area (Å²) in [5, 5.41) is 9.91. The third-order valence-electron chi connectivity index (χ3n) is 5.75. The Morgan fingerprint density at radius 1 is 1.19 bits per heavy atom. The Morgan fingerprint density at radius 2 is 1.78 bits per heavy atom. The summed E-state index contributed by atoms with van der Waals surface area (Å²) in [5.74, 6) is 5.07. The summed E-state index contributed by atoms with van der Waals surface area (Å²) in [6, 6.07) is 0.912. The van der Waals surface area contributed by atoms with Crippen LogP contribution >= 0.6 is 11.3 Å². The molecular formula is C25H36N2O4S. The number of likely N-dealkylation sites (N-methyl/N-ethyl adjacent to an activating group) is 1. The van der Waals surface area contributed by atoms with Crippen molar-refractivity contribution in [2.75, 3.05) is 19.0 Å². The average Bonchev–Trinajstić information content (AvgIpc) is 3.13. The second kappa shape index (κ2) is 10.5. The highest BCUT2D eigenvalue weighted by Crippen LogP contribution is 2.37. The van der Waals surface area contributed by atoms with Gasteiger partial charge < -0.3 is 10.0 Å². The fraction of sp³-hybridized carbons (Fsp3) is 0.640. The van der Waals surface area contributed by atoms with Crippen LogP contribution in [-0.2, 0) is 9.59 Å². The van der Waals surface area contributed by atoms with E-state index in [1.165, 1.54) is 9.80 Å². The highest BCUT2D eigenvalue weighted by atomic mass is 32.1. The van der Waals surface area contributed by atoms with Crippen LogP contribution in [0.25, 0.3) is 0 Å². The van der Waals surface area contributed by atoms with Crippen molar-refractivity contribution in [3.8, 4) is 11.8 Å². The molecule has 7 heteroatoms. The topological polar surface area (TPSA) is 77.9 Å². The van der Waals surface area contributed by atoms with Gasteiger partial charge in [0, 0.05) is 25.4 Å². The molecule has 2 amide bonds. The molecule has 1 N–H and O–H groups in total. The van der Waals surface area contributed by atoms with E-state index in [4.69, 9.17) is 0 Å². The molecule has 1 aromatic heterocycles. The smallest absolute Gasteiger partial charge is 0.348 e. The Labute approximate surface area is 196 Å². The quantitative estimate of drug-likeness (QED) is 0.615. The van der Waals surface area contributed by atoms with Crippen LogP contribution in [0, 0.1) is 29.1 Å². The number of aromatic carboxylic acids is 1. The number of anilines is 1. The van der Waals surface area contributed by atoms with E-state index in [0.717, 1.165) is 37.0 Å². The third-order valence-corrected chi connectivity index (χ3v) is 6.78. The Bertz CT molecular complexity index is 909. The second-order valence-electron chi connectivity index (χ2n) is 9.95. The number of carboxylic acids is 1. The van der Waals surface area contributed by atoms with Gasteiger partial charge in [-0.2, -0.15) is 0 Å². The molecule has 1 atom stereocenters. The molecule has 1 aromatic rings. The minimum atomic E-state index is -1.11. The molecule has 0 aromatic carbocycles. The van der Waals surface area contributed by atoms with E-state index in [-0.39, 0.29) is 33.7 Å². The van der Waals surface area contributed by atoms with E-state index < -0.39 is 12.0 Å². The lowest BCUT2D eigenvalue weighted by atomic mass is 9.82. The first-order chi connectivity index (χ1) is 14.9. The van der Waals surface area contributed by atoms with Crippen molar-refractivity contribution in [3.63, 3.8) is 0 Å². The molecule has 2 rings (SSSR count). The summed E-state index contributed by atoms with van der Waals surface area (Å²) in [7, 11) is 3.31. The highest BCUT2D eigenvalue weighted by molar-refractivity contribution is 7.15. The van der Waals surface area contributed by atoms with Crippen LogP contribution in [0.1, 0.15) is 81.3 Å². The van der Waals surface area contributed by atoms with Crippen molar-refractivity contribution in [1.29, 1.82) is 0 Å². The van der Waals surface area contributed by atoms with Crippen LogP contribution in [0.2, 0.25) is 0 Å². The SMILES string of the molecule is CCC(C(=O)N(C)C)N(C(=O)C1CCC(C)CC1)c1cc(C#CC(C)(C)C)sc1C(=O)O. The Balaban J connectivity index is 2.61. The molecule has 1 fully saturated rings. The van der Waals surface area contributed by atoms with Crippen LogP contribution in [0.4, 0.5) is 5.69 Å². The summed E-state index contributed by atoms with van der Waals surface area (Å²) >= 11 is 1.06. The van der Waals surface area contributed by atoms with E-state index in [1.807, 2.05) is 27.7 Å². The van der Waals surface area contributed by atoms with Crippen LogP contribution in [0.3, 0.4) is 0 Å². The van der Waals surface area contributed by atoms with Gasteiger partial charge in [0.15, 0.2) is 0 Å². The van der Waals surface area contributed by atoms with Gasteiger partial charge in [-0.3, -0.25) is 14.5 Å². The lowest BCUT2D eigenvalue weighted by Gasteiger charge is -2.36. The molecule has 0 aliphatic heterocycles. The molecule has 1 heterocycles. The zero-order valence-electron chi connectivity index (χ0n) is 20.3. The Hall–Kier alpha value is -2.33. The summed E-state index contributed by atoms with van der Waals surface area (Å²) in [6.45, 7) is 9.98. The van der Waals surface area contributed by atoms with E-state index in [9.17, 15) is 19.5 Å². The van der Waals surface area contributed by atoms with Gasteiger partial charge in [-0.25, -0.2) is 4.79 Å². The standard InChI is InChI=1S/C25H36N2O4S/c1-8-19(23(29)26(6)7)27(22(28)17-11-9-16(2)10-12-17)20-15-18(13-14-25(3,4)5)32-21(20)24(30)31/h15-17,19H,8-12H2,1-7H3,(H,30,31). The molecule has 0 bridgehead atoms. The number of rotatable bonds is 6. The van der Waals surface area contributed by atoms with Crippen LogP contribution in [0.5, 0.6) is 0 Å². The lowest BCUT2D eigenvalue weighted by molar-refractivity contribution is -0.133. The van der Waals surface area contributed by atoms with Crippen molar-refractivity contribution in [2.24, 2.45) is 17.3 Å². The van der Waals surface area contributed by atoms with E-state index in [0.29, 0.717) is 17.2 Å². The van der Waals surface area contributed by atoms with Gasteiger partial charge in [0.25, 0.3) is 0 Å². The molecular weight excluding hydrogens is 424 g/mol. The van der Waals surface area contributed by atoms with Gasteiger partial charge in [0.05, 0.1) is 10.6 Å². The minimum Gasteiger partial charge on any atom is -0.477 e. The fourth-order valence-corrected chi connectivity index (χ4v) is 4.78. The molecule has 0 radical (unpaired) electrons. The van der Waals surface area contributed by atoms with Gasteiger partial charge >= 0.3 is 5.97 Å². The summed E-state index contributed by atoms with van der Waals surface area (Å²) in [5.41, 5.74) is 0.0423. The molecule has 0 spiro atoms. The number of hydrogen-bond donors (Lipinski definition) is 1. The molecule has 0 saturated heterocycles. The molecule has 1 saturated carbocycles. The first kappa shape index (κ1) is 25.9. The predicted molar refractivity (Wildman–Crippen MR) is 129 cm³/mol. The van der Waals surface area contributed by atoms with Crippen LogP contribution < -0.4 is 4.90 Å². The van der Waals surface area contributed by atoms with Crippen molar-refractivity contribution < 1.29 is 19.5 Å². The first-order valence-electron chi connectivity index (χ1n) is 11.3. The Morgan fingerprint density at radius 3 is 2.25 bits per heavy atom. The summed E-state index contributed by atoms with van der Waals surface area (Å²) in [6.07, 6.45) is 3.82. The van der Waals surface area contributed by atoms with E-state index >= 15 is 0 Å². The van der Waals surface area contributed by atoms with Crippen LogP contribution in [-0.4, -0.2) is 47.9 Å². The lowest BCUT2D eigenvalue weighted by Crippen LogP contribution is -2.51. The third kappa shape index (κ3) is 6.35. The van der Waals surface area contributed by atoms with Crippen molar-refractivity contribution >= 4 is 34.8 Å². The zero-order valence-corrected chi connectivity index (χ0v) is 21.1. The van der Waals surface area contributed by atoms with Gasteiger partial charge in [-0.1, -0.05) is 25.7 Å². The molecule has 1 aliphatic rings. The maximum Gasteiger partial charge on any atom is 0.348 e. The number of carbonyl (C=O) groups is 3. The number of carbonyl (C=O) groups excluding carboxylic acids is 2. The minimum absolute atomic E-state index is 0.0470. The van der Waals surface area contributed by atoms with E-state index in [2.05, 4.69) is 18.8 Å². The maximum atomic E-state index is 13.8. The summed E-state index contributed by atoms with van der Waals surface area (Å²) < 4.78 is 0. The first-order valence-corrected chi connectivity index (χ1v) is 12.1. The van der Waals surface area contributed by atoms with Gasteiger partial charge in [0.1, 0.15) is 10.9 Å². The second-order valence-corrected chi connectivity index (χ2v) is 11.0. The molecule has 1 unspecified atom stereocenters. The fourth-order valence-electron chi connectivity index (χ4n) is 3.93. The highest BCUT2D eigenvalue weighted by Gasteiger charge is 2.38. The number of amides is 2. The van der Waals surface area contributed by atoms with Gasteiger partial charge in [0.2, 0.25) is 11.8 Å². The number of carboxylic acid groups (broad SMARTS) is 1. The van der Waals surface area contributed by atoms with Crippen molar-refractivity contribution in [1.82, 2.24) is 4.90 Å². The normalized spacial score (nSPS) is 19.5. The van der Waals surface area contributed by atoms with Crippen molar-refractivity contribution in [3.05, 3.63) is 15.8 Å². The number of thiophene rings is 1. The summed E-state index contributed by atoms with van der Waals surface area (Å²) in [4.78, 5) is 42.5. The van der Waals surface area contributed by atoms with E-state index in [1.54, 1.807) is 20.2 Å². The molecule has 32 heavy (non-hydrogen) atoms. The number of nitrogens with zero attached hydrogens (tertiary/aromatic N) is 2. The zero-order chi connectivity index (χ0) is 24.2. The van der Waals surface area contributed by atoms with Crippen LogP contribution in [0.15, 0.2) is 6.07 Å². The molecule has 1 aliphatic carbocycles. The number of hydrogen-bond acceptors (Lipinski definition) is 4. The largest absolute Gasteiger partial charge is 0.477 e. The van der Waals surface area contributed by atoms with Gasteiger partial charge in [-0.15, -0.1) is 11.3 Å². The maximum absolute atomic E-state index is 13.8. The predicted octanol–water partition coefficient (Wildman–Crippen LogP) is 4.87. The van der Waals surface area contributed by atoms with Gasteiger partial charge in [-0.05, 0) is 64.9 Å². The van der Waals surface area contributed by atoms with Crippen molar-refractivity contribution in [2.45, 2.75) is 72.8 Å². The molecule has 176 valence electrons. The molecule has 6 nitrogen and oxygen atoms in total. The Kier molecular flexibility index (Phi) is 8.53. The monoisotopic (exact) mass is 460 g/mol. The average molecular weight is 461 g/mol.